The predicted molar refractivity (Wildman–Crippen MR) is 38.9 cm³/mol. The van der Waals surface area contributed by atoms with Crippen molar-refractivity contribution in [1.29, 1.82) is 0 Å². The molecule has 1 rings (SSSR count). The fourth-order valence-corrected chi connectivity index (χ4v) is 0.988. The van der Waals surface area contributed by atoms with E-state index in [-0.39, 0.29) is 0 Å². The lowest BCUT2D eigenvalue weighted by molar-refractivity contribution is 0.0727. The molecule has 0 aromatic heterocycles. The Labute approximate surface area is 66.4 Å². The molecule has 0 radical (unpaired) electrons. The zero-order valence-electron chi connectivity index (χ0n) is 5.07. The van der Waals surface area contributed by atoms with Crippen molar-refractivity contribution in [2.24, 2.45) is 5.92 Å². The van der Waals surface area contributed by atoms with Gasteiger partial charge in [-0.3, -0.25) is 0 Å². The smallest absolute Gasteiger partial charge is 0.192 e. The van der Waals surface area contributed by atoms with Crippen molar-refractivity contribution in [2.75, 3.05) is 0 Å². The lowest BCUT2D eigenvalue weighted by atomic mass is 10.0. The monoisotopic (exact) mass is 206 g/mol. The molecule has 0 bridgehead atoms. The van der Waals surface area contributed by atoms with Crippen LogP contribution in [-0.2, 0) is 0 Å². The van der Waals surface area contributed by atoms with E-state index in [0.29, 0.717) is 6.42 Å². The summed E-state index contributed by atoms with van der Waals surface area (Å²) in [6.07, 6.45) is 3.57. The van der Waals surface area contributed by atoms with Crippen LogP contribution < -0.4 is 0 Å². The van der Waals surface area contributed by atoms with Crippen molar-refractivity contribution < 1.29 is 8.78 Å². The molecule has 1 aliphatic rings. The second-order valence-corrected chi connectivity index (χ2v) is 3.08. The minimum Gasteiger partial charge on any atom is -0.192 e. The fraction of sp³-hybridized carbons (Fsp3) is 0.429. The number of hydrogen-bond donors (Lipinski definition) is 0. The summed E-state index contributed by atoms with van der Waals surface area (Å²) in [6.45, 7) is 0. The van der Waals surface area contributed by atoms with E-state index in [1.807, 2.05) is 0 Å². The molecule has 0 aromatic rings. The molecule has 3 heteroatoms. The molecule has 0 nitrogen and oxygen atoms in total. The van der Waals surface area contributed by atoms with E-state index >= 15 is 0 Å². The van der Waals surface area contributed by atoms with Crippen LogP contribution in [0.5, 0.6) is 0 Å². The van der Waals surface area contributed by atoms with E-state index in [4.69, 9.17) is 0 Å². The third-order valence-electron chi connectivity index (χ3n) is 1.23. The molecule has 1 atom stereocenters. The molecule has 0 heterocycles. The topological polar surface area (TPSA) is 0 Å². The van der Waals surface area contributed by atoms with E-state index in [2.05, 4.69) is 27.8 Å². The first-order chi connectivity index (χ1) is 4.61. The molecule has 0 N–H and O–H groups in total. The Morgan fingerprint density at radius 3 is 2.60 bits per heavy atom. The van der Waals surface area contributed by atoms with Gasteiger partial charge in [-0.1, -0.05) is 17.9 Å². The first-order valence-corrected chi connectivity index (χ1v) is 3.63. The highest BCUT2D eigenvalue weighted by atomic mass is 79.9. The summed E-state index contributed by atoms with van der Waals surface area (Å²) in [5.41, 5.74) is 0. The molecule has 0 spiro atoms. The van der Waals surface area contributed by atoms with Crippen LogP contribution in [0.1, 0.15) is 6.42 Å². The molecule has 0 saturated carbocycles. The number of hydrogen-bond acceptors (Lipinski definition) is 0. The summed E-state index contributed by atoms with van der Waals surface area (Å²) >= 11 is 2.27. The molecule has 0 aromatic carbocycles. The average Bonchev–Trinajstić information content (AvgIpc) is 1.88. The van der Waals surface area contributed by atoms with Gasteiger partial charge in [-0.2, -0.15) is 8.78 Å². The lowest BCUT2D eigenvalue weighted by Gasteiger charge is -2.15. The Morgan fingerprint density at radius 2 is 2.30 bits per heavy atom. The molecule has 1 aliphatic carbocycles. The molecule has 54 valence electrons. The summed E-state index contributed by atoms with van der Waals surface area (Å²) in [5, 5.41) is 0. The van der Waals surface area contributed by atoms with Gasteiger partial charge >= 0.3 is 4.83 Å². The Balaban J connectivity index is 2.66. The third kappa shape index (κ3) is 1.81. The maximum Gasteiger partial charge on any atom is 0.315 e. The number of alkyl halides is 3. The van der Waals surface area contributed by atoms with Crippen LogP contribution in [0, 0.1) is 17.8 Å². The first-order valence-electron chi connectivity index (χ1n) is 2.83. The molecular formula is C7H5BrF2. The largest absolute Gasteiger partial charge is 0.315 e. The first kappa shape index (κ1) is 7.74. The molecule has 10 heavy (non-hydrogen) atoms. The Morgan fingerprint density at radius 1 is 1.60 bits per heavy atom. The predicted octanol–water partition coefficient (Wildman–Crippen LogP) is 2.55. The van der Waals surface area contributed by atoms with Crippen LogP contribution in [0.2, 0.25) is 0 Å². The van der Waals surface area contributed by atoms with Crippen LogP contribution in [0.15, 0.2) is 12.2 Å². The zero-order chi connectivity index (χ0) is 7.61. The van der Waals surface area contributed by atoms with Crippen molar-refractivity contribution >= 4 is 15.9 Å². The van der Waals surface area contributed by atoms with Gasteiger partial charge in [-0.15, -0.1) is 0 Å². The minimum absolute atomic E-state index is 0.325. The zero-order valence-corrected chi connectivity index (χ0v) is 6.66. The Kier molecular flexibility index (Phi) is 2.10. The second-order valence-electron chi connectivity index (χ2n) is 2.02. The van der Waals surface area contributed by atoms with Crippen molar-refractivity contribution in [2.45, 2.75) is 11.3 Å². The van der Waals surface area contributed by atoms with Gasteiger partial charge in [-0.05, 0) is 28.4 Å². The van der Waals surface area contributed by atoms with E-state index in [0.717, 1.165) is 0 Å². The maximum absolute atomic E-state index is 12.4. The molecule has 1 unspecified atom stereocenters. The summed E-state index contributed by atoms with van der Waals surface area (Å²) in [5.74, 6) is 4.06. The minimum atomic E-state index is -2.84. The van der Waals surface area contributed by atoms with E-state index in [1.165, 1.54) is 0 Å². The molecule has 0 amide bonds. The van der Waals surface area contributed by atoms with Crippen LogP contribution in [0.25, 0.3) is 0 Å². The Bertz CT molecular complexity index is 204. The van der Waals surface area contributed by atoms with Crippen molar-refractivity contribution in [3.05, 3.63) is 12.2 Å². The van der Waals surface area contributed by atoms with Crippen LogP contribution in [0.4, 0.5) is 8.78 Å². The van der Waals surface area contributed by atoms with Gasteiger partial charge in [0.15, 0.2) is 0 Å². The molecule has 0 aliphatic heterocycles. The molecule has 0 fully saturated rings. The van der Waals surface area contributed by atoms with Crippen LogP contribution >= 0.6 is 15.9 Å². The van der Waals surface area contributed by atoms with Gasteiger partial charge in [-0.25, -0.2) is 0 Å². The lowest BCUT2D eigenvalue weighted by Crippen LogP contribution is -2.19. The van der Waals surface area contributed by atoms with E-state index < -0.39 is 10.7 Å². The number of allylic oxidation sites excluding steroid dienone is 2. The number of rotatable bonds is 1. The quantitative estimate of drug-likeness (QED) is 0.457. The fourth-order valence-electron chi connectivity index (χ4n) is 0.686. The standard InChI is InChI=1S/C7H5BrF2/c8-7(9,10)6-4-2-1-3-5-6/h1-2,6H,4H2. The Hall–Kier alpha value is -0.360. The summed E-state index contributed by atoms with van der Waals surface area (Å²) < 4.78 is 24.8. The van der Waals surface area contributed by atoms with Gasteiger partial charge in [0.1, 0.15) is 0 Å². The van der Waals surface area contributed by atoms with E-state index in [1.54, 1.807) is 12.2 Å². The SMILES string of the molecule is FC(F)(Br)C1C#CC=CC1. The summed E-state index contributed by atoms with van der Waals surface area (Å²) in [4.78, 5) is -2.84. The highest BCUT2D eigenvalue weighted by Gasteiger charge is 2.34. The average molecular weight is 207 g/mol. The maximum atomic E-state index is 12.4. The van der Waals surface area contributed by atoms with Crippen LogP contribution in [0.3, 0.4) is 0 Å². The van der Waals surface area contributed by atoms with E-state index in [9.17, 15) is 8.78 Å². The molecule has 0 saturated heterocycles. The normalized spacial score (nSPS) is 23.7. The van der Waals surface area contributed by atoms with Gasteiger partial charge in [0.05, 0.1) is 5.92 Å². The summed E-state index contributed by atoms with van der Waals surface area (Å²) in [6, 6.07) is 0. The van der Waals surface area contributed by atoms with Crippen molar-refractivity contribution in [3.63, 3.8) is 0 Å². The van der Waals surface area contributed by atoms with Crippen molar-refractivity contribution in [1.82, 2.24) is 0 Å². The highest BCUT2D eigenvalue weighted by Crippen LogP contribution is 2.33. The van der Waals surface area contributed by atoms with Gasteiger partial charge in [0.25, 0.3) is 0 Å². The summed E-state index contributed by atoms with van der Waals surface area (Å²) in [7, 11) is 0. The van der Waals surface area contributed by atoms with Gasteiger partial charge in [0.2, 0.25) is 0 Å². The van der Waals surface area contributed by atoms with Crippen LogP contribution in [-0.4, -0.2) is 4.83 Å². The van der Waals surface area contributed by atoms with Gasteiger partial charge in [0, 0.05) is 0 Å². The third-order valence-corrected chi connectivity index (χ3v) is 1.78. The number of halogens is 3. The van der Waals surface area contributed by atoms with Crippen molar-refractivity contribution in [3.8, 4) is 11.8 Å². The highest BCUT2D eigenvalue weighted by molar-refractivity contribution is 9.10. The van der Waals surface area contributed by atoms with Gasteiger partial charge < -0.3 is 0 Å². The molecular weight excluding hydrogens is 202 g/mol. The second kappa shape index (κ2) is 2.71.